The lowest BCUT2D eigenvalue weighted by Gasteiger charge is -2.04. The van der Waals surface area contributed by atoms with Gasteiger partial charge in [0.25, 0.3) is 5.91 Å². The van der Waals surface area contributed by atoms with E-state index in [4.69, 9.17) is 0 Å². The van der Waals surface area contributed by atoms with E-state index >= 15 is 0 Å². The number of rotatable bonds is 4. The van der Waals surface area contributed by atoms with Gasteiger partial charge in [-0.25, -0.2) is 4.98 Å². The fraction of sp³-hybridized carbons (Fsp3) is 0. The first-order chi connectivity index (χ1) is 14.7. The van der Waals surface area contributed by atoms with Crippen molar-refractivity contribution in [2.75, 3.05) is 5.32 Å². The lowest BCUT2D eigenvalue weighted by molar-refractivity contribution is 0.102. The minimum Gasteiger partial charge on any atom is -0.298 e. The van der Waals surface area contributed by atoms with Gasteiger partial charge in [-0.3, -0.25) is 14.9 Å². The average molecular weight is 408 g/mol. The third-order valence-corrected chi connectivity index (χ3v) is 5.97. The molecule has 30 heavy (non-hydrogen) atoms. The van der Waals surface area contributed by atoms with Crippen molar-refractivity contribution in [3.05, 3.63) is 108 Å². The fourth-order valence-corrected chi connectivity index (χ4v) is 4.40. The largest absolute Gasteiger partial charge is 0.298 e. The van der Waals surface area contributed by atoms with E-state index in [9.17, 15) is 9.59 Å². The molecule has 5 heteroatoms. The maximum absolute atomic E-state index is 12.7. The zero-order chi connectivity index (χ0) is 20.5. The molecule has 0 saturated carbocycles. The van der Waals surface area contributed by atoms with Gasteiger partial charge in [0.1, 0.15) is 0 Å². The number of aromatic nitrogens is 1. The lowest BCUT2D eigenvalue weighted by atomic mass is 10.0. The number of nitrogens with one attached hydrogen (secondary N) is 1. The van der Waals surface area contributed by atoms with Crippen molar-refractivity contribution in [1.82, 2.24) is 4.98 Å². The predicted molar refractivity (Wildman–Crippen MR) is 121 cm³/mol. The number of thiazole rings is 1. The highest BCUT2D eigenvalue weighted by molar-refractivity contribution is 7.23. The van der Waals surface area contributed by atoms with Crippen LogP contribution >= 0.6 is 11.3 Å². The molecule has 5 rings (SSSR count). The summed E-state index contributed by atoms with van der Waals surface area (Å²) in [6.07, 6.45) is 0. The van der Waals surface area contributed by atoms with Gasteiger partial charge >= 0.3 is 0 Å². The van der Waals surface area contributed by atoms with Crippen LogP contribution in [0.3, 0.4) is 0 Å². The molecular formula is C25H16N2O2S. The predicted octanol–water partition coefficient (Wildman–Crippen LogP) is 5.93. The van der Waals surface area contributed by atoms with Gasteiger partial charge in [-0.05, 0) is 23.6 Å². The van der Waals surface area contributed by atoms with Crippen LogP contribution in [0.15, 0.2) is 91.0 Å². The van der Waals surface area contributed by atoms with Crippen LogP contribution in [-0.2, 0) is 0 Å². The van der Waals surface area contributed by atoms with E-state index in [0.29, 0.717) is 21.8 Å². The zero-order valence-electron chi connectivity index (χ0n) is 15.8. The molecule has 1 N–H and O–H groups in total. The first-order valence-corrected chi connectivity index (χ1v) is 10.3. The van der Waals surface area contributed by atoms with Gasteiger partial charge in [-0.15, -0.1) is 0 Å². The minimum absolute atomic E-state index is 0.0689. The zero-order valence-corrected chi connectivity index (χ0v) is 16.6. The number of amides is 1. The molecular weight excluding hydrogens is 392 g/mol. The van der Waals surface area contributed by atoms with Crippen molar-refractivity contribution in [2.45, 2.75) is 0 Å². The van der Waals surface area contributed by atoms with E-state index in [1.165, 1.54) is 11.3 Å². The molecule has 0 saturated heterocycles. The number of fused-ring (bicyclic) bond motifs is 3. The number of carbonyl (C=O) groups is 2. The summed E-state index contributed by atoms with van der Waals surface area (Å²) in [7, 11) is 0. The van der Waals surface area contributed by atoms with E-state index < -0.39 is 0 Å². The third kappa shape index (κ3) is 3.36. The van der Waals surface area contributed by atoms with Gasteiger partial charge in [0, 0.05) is 22.1 Å². The van der Waals surface area contributed by atoms with Crippen LogP contribution in [0.2, 0.25) is 0 Å². The summed E-state index contributed by atoms with van der Waals surface area (Å²) in [4.78, 5) is 29.7. The molecule has 5 aromatic rings. The van der Waals surface area contributed by atoms with Crippen LogP contribution in [0, 0.1) is 0 Å². The minimum atomic E-state index is -0.253. The quantitative estimate of drug-likeness (QED) is 0.375. The Hall–Kier alpha value is -3.83. The molecule has 0 aliphatic rings. The Labute approximate surface area is 176 Å². The second-order valence-corrected chi connectivity index (χ2v) is 7.88. The van der Waals surface area contributed by atoms with Crippen molar-refractivity contribution in [1.29, 1.82) is 0 Å². The van der Waals surface area contributed by atoms with Gasteiger partial charge in [-0.1, -0.05) is 84.1 Å². The molecule has 1 heterocycles. The second-order valence-electron chi connectivity index (χ2n) is 6.88. The molecule has 144 valence electrons. The molecule has 0 atom stereocenters. The molecule has 1 amide bonds. The van der Waals surface area contributed by atoms with Gasteiger partial charge in [0.2, 0.25) is 0 Å². The molecule has 0 spiro atoms. The molecule has 0 unspecified atom stereocenters. The fourth-order valence-electron chi connectivity index (χ4n) is 3.41. The van der Waals surface area contributed by atoms with E-state index in [1.807, 2.05) is 42.5 Å². The molecule has 4 aromatic carbocycles. The highest BCUT2D eigenvalue weighted by atomic mass is 32.1. The normalized spacial score (nSPS) is 10.9. The standard InChI is InChI=1S/C25H16N2O2S/c28-22(17-7-2-1-3-8-17)18-10-12-19(13-11-18)24(29)27-25-26-21-15-14-16-6-4-5-9-20(16)23(21)30-25/h1-15H,(H,26,27,29). The van der Waals surface area contributed by atoms with Crippen LogP contribution < -0.4 is 5.32 Å². The van der Waals surface area contributed by atoms with Gasteiger partial charge < -0.3 is 0 Å². The average Bonchev–Trinajstić information content (AvgIpc) is 3.22. The molecule has 0 fully saturated rings. The SMILES string of the molecule is O=C(Nc1nc2ccc3ccccc3c2s1)c1ccc(C(=O)c2ccccc2)cc1. The number of hydrogen-bond acceptors (Lipinski definition) is 4. The Kier molecular flexibility index (Phi) is 4.58. The summed E-state index contributed by atoms with van der Waals surface area (Å²) < 4.78 is 1.05. The number of hydrogen-bond donors (Lipinski definition) is 1. The molecule has 0 radical (unpaired) electrons. The van der Waals surface area contributed by atoms with Crippen LogP contribution in [-0.4, -0.2) is 16.7 Å². The molecule has 0 aliphatic carbocycles. The van der Waals surface area contributed by atoms with Crippen LogP contribution in [0.1, 0.15) is 26.3 Å². The Bertz CT molecular complexity index is 1390. The Balaban J connectivity index is 1.38. The number of ketones is 1. The molecule has 0 aliphatic heterocycles. The van der Waals surface area contributed by atoms with Crippen molar-refractivity contribution < 1.29 is 9.59 Å². The summed E-state index contributed by atoms with van der Waals surface area (Å²) in [5, 5.41) is 5.69. The molecule has 1 aromatic heterocycles. The summed E-state index contributed by atoms with van der Waals surface area (Å²) in [5.74, 6) is -0.322. The van der Waals surface area contributed by atoms with Crippen LogP contribution in [0.5, 0.6) is 0 Å². The first-order valence-electron chi connectivity index (χ1n) is 9.48. The third-order valence-electron chi connectivity index (χ3n) is 4.95. The molecule has 4 nitrogen and oxygen atoms in total. The highest BCUT2D eigenvalue weighted by Gasteiger charge is 2.13. The van der Waals surface area contributed by atoms with Gasteiger partial charge in [0.15, 0.2) is 10.9 Å². The monoisotopic (exact) mass is 408 g/mol. The Morgan fingerprint density at radius 3 is 2.17 bits per heavy atom. The summed E-state index contributed by atoms with van der Waals surface area (Å²) >= 11 is 1.46. The van der Waals surface area contributed by atoms with E-state index in [1.54, 1.807) is 36.4 Å². The van der Waals surface area contributed by atoms with Crippen molar-refractivity contribution in [2.24, 2.45) is 0 Å². The van der Waals surface area contributed by atoms with Crippen molar-refractivity contribution >= 4 is 49.1 Å². The highest BCUT2D eigenvalue weighted by Crippen LogP contribution is 2.32. The number of benzene rings is 4. The van der Waals surface area contributed by atoms with E-state index in [-0.39, 0.29) is 11.7 Å². The van der Waals surface area contributed by atoms with Crippen LogP contribution in [0.25, 0.3) is 21.0 Å². The maximum Gasteiger partial charge on any atom is 0.257 e. The number of nitrogens with zero attached hydrogens (tertiary/aromatic N) is 1. The van der Waals surface area contributed by atoms with Crippen molar-refractivity contribution in [3.63, 3.8) is 0 Å². The first kappa shape index (κ1) is 18.2. The van der Waals surface area contributed by atoms with E-state index in [0.717, 1.165) is 21.0 Å². The Morgan fingerprint density at radius 2 is 1.37 bits per heavy atom. The second kappa shape index (κ2) is 7.54. The van der Waals surface area contributed by atoms with Gasteiger partial charge in [-0.2, -0.15) is 0 Å². The summed E-state index contributed by atoms with van der Waals surface area (Å²) in [6.45, 7) is 0. The maximum atomic E-state index is 12.7. The topological polar surface area (TPSA) is 59.1 Å². The smallest absolute Gasteiger partial charge is 0.257 e. The summed E-state index contributed by atoms with van der Waals surface area (Å²) in [5.41, 5.74) is 2.50. The van der Waals surface area contributed by atoms with Crippen molar-refractivity contribution in [3.8, 4) is 0 Å². The van der Waals surface area contributed by atoms with E-state index in [2.05, 4.69) is 22.4 Å². The number of carbonyl (C=O) groups excluding carboxylic acids is 2. The van der Waals surface area contributed by atoms with Crippen LogP contribution in [0.4, 0.5) is 5.13 Å². The number of anilines is 1. The lowest BCUT2D eigenvalue weighted by Crippen LogP contribution is -2.12. The summed E-state index contributed by atoms with van der Waals surface area (Å²) in [6, 6.07) is 27.9. The van der Waals surface area contributed by atoms with Gasteiger partial charge in [0.05, 0.1) is 10.2 Å². The Morgan fingerprint density at radius 1 is 0.700 bits per heavy atom. The molecule has 0 bridgehead atoms.